The van der Waals surface area contributed by atoms with Crippen LogP contribution in [-0.2, 0) is 24.1 Å². The Morgan fingerprint density at radius 3 is 2.43 bits per heavy atom. The molecule has 0 radical (unpaired) electrons. The predicted octanol–water partition coefficient (Wildman–Crippen LogP) is 3.72. The van der Waals surface area contributed by atoms with Crippen molar-refractivity contribution in [1.82, 2.24) is 15.2 Å². The number of nitrogens with zero attached hydrogens (tertiary/aromatic N) is 2. The average molecular weight is 395 g/mol. The Balaban J connectivity index is 1.58. The topological polar surface area (TPSA) is 45.2 Å². The van der Waals surface area contributed by atoms with Crippen molar-refractivity contribution in [3.63, 3.8) is 0 Å². The van der Waals surface area contributed by atoms with Crippen LogP contribution in [0.3, 0.4) is 0 Å². The Hall–Kier alpha value is -2.48. The van der Waals surface area contributed by atoms with Gasteiger partial charge in [0.05, 0.1) is 5.56 Å². The van der Waals surface area contributed by atoms with E-state index in [-0.39, 0.29) is 19.5 Å². The maximum absolute atomic E-state index is 15.2. The molecule has 4 nitrogen and oxygen atoms in total. The molecule has 0 saturated carbocycles. The molecule has 150 valence electrons. The average Bonchev–Trinajstić information content (AvgIpc) is 2.67. The van der Waals surface area contributed by atoms with Gasteiger partial charge in [0.25, 0.3) is 5.91 Å². The molecule has 1 aromatic carbocycles. The van der Waals surface area contributed by atoms with E-state index in [1.807, 2.05) is 0 Å². The lowest BCUT2D eigenvalue weighted by Gasteiger charge is -2.36. The lowest BCUT2D eigenvalue weighted by Crippen LogP contribution is -2.53. The normalized spacial score (nSPS) is 20.7. The number of hydrogen-bond acceptors (Lipinski definition) is 3. The number of hydrogen-bond donors (Lipinski definition) is 1. The fourth-order valence-corrected chi connectivity index (χ4v) is 3.31. The molecule has 1 saturated heterocycles. The minimum atomic E-state index is -4.38. The second kappa shape index (κ2) is 8.26. The molecular formula is C20H21F4N3O. The second-order valence-corrected chi connectivity index (χ2v) is 7.01. The first-order valence-corrected chi connectivity index (χ1v) is 9.01. The molecule has 0 bridgehead atoms. The molecule has 1 unspecified atom stereocenters. The van der Waals surface area contributed by atoms with Gasteiger partial charge in [-0.05, 0) is 54.8 Å². The van der Waals surface area contributed by atoms with E-state index in [0.717, 1.165) is 17.7 Å². The molecule has 1 aromatic heterocycles. The second-order valence-electron chi connectivity index (χ2n) is 7.01. The van der Waals surface area contributed by atoms with Gasteiger partial charge in [-0.25, -0.2) is 4.39 Å². The van der Waals surface area contributed by atoms with Gasteiger partial charge in [-0.1, -0.05) is 12.1 Å². The lowest BCUT2D eigenvalue weighted by atomic mass is 9.93. The third-order valence-electron chi connectivity index (χ3n) is 4.82. The van der Waals surface area contributed by atoms with E-state index in [4.69, 9.17) is 0 Å². The van der Waals surface area contributed by atoms with Crippen LogP contribution < -0.4 is 5.32 Å². The summed E-state index contributed by atoms with van der Waals surface area (Å²) in [5, 5.41) is 2.62. The fraction of sp³-hybridized carbons (Fsp3) is 0.400. The first-order valence-electron chi connectivity index (χ1n) is 9.01. The number of benzene rings is 1. The first kappa shape index (κ1) is 20.3. The number of rotatable bonds is 5. The van der Waals surface area contributed by atoms with Crippen LogP contribution >= 0.6 is 0 Å². The highest BCUT2D eigenvalue weighted by molar-refractivity contribution is 5.85. The van der Waals surface area contributed by atoms with Crippen LogP contribution in [0.2, 0.25) is 0 Å². The smallest absolute Gasteiger partial charge is 0.349 e. The Labute approximate surface area is 160 Å². The molecule has 1 fully saturated rings. The quantitative estimate of drug-likeness (QED) is 0.785. The molecule has 2 heterocycles. The zero-order chi connectivity index (χ0) is 20.2. The molecule has 1 amide bonds. The number of halogens is 4. The highest BCUT2D eigenvalue weighted by Crippen LogP contribution is 2.30. The van der Waals surface area contributed by atoms with Crippen molar-refractivity contribution in [3.05, 3.63) is 65.5 Å². The van der Waals surface area contributed by atoms with E-state index >= 15 is 4.39 Å². The number of likely N-dealkylation sites (tertiary alicyclic amines) is 1. The van der Waals surface area contributed by atoms with E-state index in [0.29, 0.717) is 25.1 Å². The van der Waals surface area contributed by atoms with Gasteiger partial charge in [-0.15, -0.1) is 0 Å². The molecule has 8 heteroatoms. The van der Waals surface area contributed by atoms with Gasteiger partial charge in [-0.2, -0.15) is 13.2 Å². The Morgan fingerprint density at radius 1 is 1.11 bits per heavy atom. The van der Waals surface area contributed by atoms with Crippen molar-refractivity contribution >= 4 is 5.91 Å². The van der Waals surface area contributed by atoms with Gasteiger partial charge in [0.1, 0.15) is 0 Å². The van der Waals surface area contributed by atoms with Crippen LogP contribution in [0.25, 0.3) is 0 Å². The summed E-state index contributed by atoms with van der Waals surface area (Å²) in [5.41, 5.74) is -1.26. The van der Waals surface area contributed by atoms with Crippen molar-refractivity contribution < 1.29 is 22.4 Å². The van der Waals surface area contributed by atoms with Crippen LogP contribution in [0.15, 0.2) is 48.8 Å². The third-order valence-corrected chi connectivity index (χ3v) is 4.82. The van der Waals surface area contributed by atoms with Crippen molar-refractivity contribution in [2.24, 2.45) is 0 Å². The van der Waals surface area contributed by atoms with Crippen LogP contribution in [0.1, 0.15) is 29.5 Å². The number of aromatic nitrogens is 1. The molecule has 2 aromatic rings. The van der Waals surface area contributed by atoms with Gasteiger partial charge in [0.15, 0.2) is 0 Å². The summed E-state index contributed by atoms with van der Waals surface area (Å²) < 4.78 is 53.2. The number of piperidine rings is 1. The molecule has 1 N–H and O–H groups in total. The highest BCUT2D eigenvalue weighted by Gasteiger charge is 2.42. The van der Waals surface area contributed by atoms with E-state index in [1.165, 1.54) is 12.1 Å². The molecule has 3 rings (SSSR count). The number of nitrogens with one attached hydrogen (secondary N) is 1. The molecule has 1 atom stereocenters. The SMILES string of the molecule is O=C(NCc1ccncc1)C1(F)CCCN(Cc2ccc(C(F)(F)F)cc2)C1. The van der Waals surface area contributed by atoms with E-state index in [1.54, 1.807) is 29.4 Å². The molecule has 1 aliphatic rings. The Kier molecular flexibility index (Phi) is 5.98. The van der Waals surface area contributed by atoms with Crippen molar-refractivity contribution in [3.8, 4) is 0 Å². The standard InChI is InChI=1S/C20H21F4N3O/c21-19(18(28)26-12-15-6-9-25-10-7-15)8-1-11-27(14-19)13-16-2-4-17(5-3-16)20(22,23)24/h2-7,9-10H,1,8,11-14H2,(H,26,28). The van der Waals surface area contributed by atoms with Crippen LogP contribution in [0.4, 0.5) is 17.6 Å². The molecule has 0 spiro atoms. The van der Waals surface area contributed by atoms with E-state index < -0.39 is 23.3 Å². The highest BCUT2D eigenvalue weighted by atomic mass is 19.4. The molecule has 1 aliphatic heterocycles. The lowest BCUT2D eigenvalue weighted by molar-refractivity contribution is -0.138. The summed E-state index contributed by atoms with van der Waals surface area (Å²) in [6, 6.07) is 8.29. The van der Waals surface area contributed by atoms with Crippen LogP contribution in [-0.4, -0.2) is 34.5 Å². The monoisotopic (exact) mass is 395 g/mol. The van der Waals surface area contributed by atoms with Crippen molar-refractivity contribution in [1.29, 1.82) is 0 Å². The Morgan fingerprint density at radius 2 is 1.79 bits per heavy atom. The summed E-state index contributed by atoms with van der Waals surface area (Å²) in [6.07, 6.45) is -0.568. The summed E-state index contributed by atoms with van der Waals surface area (Å²) in [6.45, 7) is 1.01. The summed E-state index contributed by atoms with van der Waals surface area (Å²) in [5.74, 6) is -0.665. The summed E-state index contributed by atoms with van der Waals surface area (Å²) in [7, 11) is 0. The Bertz CT molecular complexity index is 795. The van der Waals surface area contributed by atoms with Gasteiger partial charge < -0.3 is 5.32 Å². The minimum absolute atomic E-state index is 0.0871. The number of alkyl halides is 4. The summed E-state index contributed by atoms with van der Waals surface area (Å²) >= 11 is 0. The van der Waals surface area contributed by atoms with Crippen molar-refractivity contribution in [2.45, 2.75) is 37.8 Å². The maximum atomic E-state index is 15.2. The van der Waals surface area contributed by atoms with Gasteiger partial charge in [0.2, 0.25) is 5.67 Å². The van der Waals surface area contributed by atoms with Crippen LogP contribution in [0, 0.1) is 0 Å². The number of pyridine rings is 1. The van der Waals surface area contributed by atoms with Gasteiger partial charge in [-0.3, -0.25) is 14.7 Å². The molecular weight excluding hydrogens is 374 g/mol. The predicted molar refractivity (Wildman–Crippen MR) is 95.9 cm³/mol. The number of carbonyl (C=O) groups excluding carboxylic acids is 1. The van der Waals surface area contributed by atoms with E-state index in [9.17, 15) is 18.0 Å². The first-order chi connectivity index (χ1) is 13.3. The third kappa shape index (κ3) is 5.07. The number of carbonyl (C=O) groups is 1. The van der Waals surface area contributed by atoms with E-state index in [2.05, 4.69) is 10.3 Å². The summed E-state index contributed by atoms with van der Waals surface area (Å²) in [4.78, 5) is 18.0. The number of amides is 1. The van der Waals surface area contributed by atoms with Crippen LogP contribution in [0.5, 0.6) is 0 Å². The zero-order valence-corrected chi connectivity index (χ0v) is 15.2. The maximum Gasteiger partial charge on any atom is 0.416 e. The van der Waals surface area contributed by atoms with Gasteiger partial charge >= 0.3 is 6.18 Å². The van der Waals surface area contributed by atoms with Crippen molar-refractivity contribution in [2.75, 3.05) is 13.1 Å². The van der Waals surface area contributed by atoms with Gasteiger partial charge in [0, 0.05) is 32.0 Å². The minimum Gasteiger partial charge on any atom is -0.349 e. The zero-order valence-electron chi connectivity index (χ0n) is 15.2. The molecule has 28 heavy (non-hydrogen) atoms. The molecule has 0 aliphatic carbocycles. The largest absolute Gasteiger partial charge is 0.416 e. The fourth-order valence-electron chi connectivity index (χ4n) is 3.31.